The fourth-order valence-corrected chi connectivity index (χ4v) is 4.18. The molecule has 0 saturated carbocycles. The van der Waals surface area contributed by atoms with Crippen molar-refractivity contribution in [1.82, 2.24) is 13.9 Å². The van der Waals surface area contributed by atoms with Crippen molar-refractivity contribution >= 4 is 10.2 Å². The van der Waals surface area contributed by atoms with Crippen LogP contribution in [0.15, 0.2) is 24.3 Å². The van der Waals surface area contributed by atoms with Gasteiger partial charge in [-0.15, -0.1) is 0 Å². The summed E-state index contributed by atoms with van der Waals surface area (Å²) < 4.78 is 39.1. The Balaban J connectivity index is 2.31. The summed E-state index contributed by atoms with van der Waals surface area (Å²) >= 11 is 0. The maximum absolute atomic E-state index is 12.9. The summed E-state index contributed by atoms with van der Waals surface area (Å²) in [4.78, 5) is 0. The minimum Gasteiger partial charge on any atom is -0.496 e. The first-order valence-electron chi connectivity index (χ1n) is 7.58. The van der Waals surface area contributed by atoms with Crippen molar-refractivity contribution in [3.05, 3.63) is 29.8 Å². The molecule has 0 radical (unpaired) electrons. The summed E-state index contributed by atoms with van der Waals surface area (Å²) in [6.07, 6.45) is 0. The third kappa shape index (κ3) is 4.02. The Morgan fingerprint density at radius 3 is 2.78 bits per heavy atom. The Hall–Kier alpha value is -1.19. The standard InChI is InChI=1S/C15H25N3O4S/c1-17(10-11-21-2)23(19,20)18-9-8-16-12-14(18)13-6-4-5-7-15(13)22-3/h4-7,14,16H,8-12H2,1-3H3. The van der Waals surface area contributed by atoms with E-state index in [4.69, 9.17) is 9.47 Å². The first kappa shape index (κ1) is 18.2. The lowest BCUT2D eigenvalue weighted by atomic mass is 10.0. The van der Waals surface area contributed by atoms with Crippen molar-refractivity contribution < 1.29 is 17.9 Å². The summed E-state index contributed by atoms with van der Waals surface area (Å²) in [6.45, 7) is 2.28. The minimum atomic E-state index is -3.57. The lowest BCUT2D eigenvalue weighted by molar-refractivity contribution is 0.178. The van der Waals surface area contributed by atoms with E-state index in [9.17, 15) is 8.42 Å². The summed E-state index contributed by atoms with van der Waals surface area (Å²) in [5.74, 6) is 0.695. The fourth-order valence-electron chi connectivity index (χ4n) is 2.68. The van der Waals surface area contributed by atoms with Gasteiger partial charge in [-0.2, -0.15) is 17.0 Å². The minimum absolute atomic E-state index is 0.296. The van der Waals surface area contributed by atoms with Gasteiger partial charge in [0.25, 0.3) is 10.2 Å². The summed E-state index contributed by atoms with van der Waals surface area (Å²) in [5, 5.41) is 3.26. The van der Waals surface area contributed by atoms with Crippen molar-refractivity contribution in [1.29, 1.82) is 0 Å². The largest absolute Gasteiger partial charge is 0.496 e. The van der Waals surface area contributed by atoms with Crippen LogP contribution in [0, 0.1) is 0 Å². The quantitative estimate of drug-likeness (QED) is 0.779. The highest BCUT2D eigenvalue weighted by molar-refractivity contribution is 7.86. The number of benzene rings is 1. The number of hydrogen-bond donors (Lipinski definition) is 1. The molecule has 0 aromatic heterocycles. The normalized spacial score (nSPS) is 19.9. The van der Waals surface area contributed by atoms with E-state index in [1.54, 1.807) is 21.3 Å². The van der Waals surface area contributed by atoms with Crippen LogP contribution in [0.3, 0.4) is 0 Å². The molecule has 1 aromatic carbocycles. The van der Waals surface area contributed by atoms with Crippen LogP contribution in [0.25, 0.3) is 0 Å². The van der Waals surface area contributed by atoms with Gasteiger partial charge in [0.05, 0.1) is 19.8 Å². The second-order valence-corrected chi connectivity index (χ2v) is 7.38. The zero-order chi connectivity index (χ0) is 16.9. The molecule has 1 unspecified atom stereocenters. The van der Waals surface area contributed by atoms with Crippen LogP contribution < -0.4 is 10.1 Å². The molecule has 0 amide bonds. The van der Waals surface area contributed by atoms with Crippen molar-refractivity contribution in [2.24, 2.45) is 0 Å². The van der Waals surface area contributed by atoms with Gasteiger partial charge in [-0.25, -0.2) is 0 Å². The summed E-state index contributed by atoms with van der Waals surface area (Å²) in [7, 11) is 1.17. The number of hydrogen-bond acceptors (Lipinski definition) is 5. The van der Waals surface area contributed by atoms with Crippen LogP contribution >= 0.6 is 0 Å². The van der Waals surface area contributed by atoms with Gasteiger partial charge < -0.3 is 14.8 Å². The maximum Gasteiger partial charge on any atom is 0.282 e. The molecule has 2 rings (SSSR count). The van der Waals surface area contributed by atoms with Gasteiger partial charge in [0.2, 0.25) is 0 Å². The van der Waals surface area contributed by atoms with E-state index in [0.717, 1.165) is 5.56 Å². The second-order valence-electron chi connectivity index (χ2n) is 5.39. The predicted molar refractivity (Wildman–Crippen MR) is 88.7 cm³/mol. The average molecular weight is 343 g/mol. The molecule has 0 aliphatic carbocycles. The number of likely N-dealkylation sites (N-methyl/N-ethyl adjacent to an activating group) is 1. The Morgan fingerprint density at radius 2 is 2.09 bits per heavy atom. The molecule has 8 heteroatoms. The van der Waals surface area contributed by atoms with Gasteiger partial charge in [-0.3, -0.25) is 0 Å². The van der Waals surface area contributed by atoms with Crippen LogP contribution in [-0.4, -0.2) is 71.1 Å². The topological polar surface area (TPSA) is 71.1 Å². The number of rotatable bonds is 7. The Bertz CT molecular complexity index is 608. The predicted octanol–water partition coefficient (Wildman–Crippen LogP) is 0.465. The van der Waals surface area contributed by atoms with Crippen molar-refractivity contribution in [3.8, 4) is 5.75 Å². The molecule has 1 heterocycles. The number of ether oxygens (including phenoxy) is 2. The van der Waals surface area contributed by atoms with Gasteiger partial charge >= 0.3 is 0 Å². The summed E-state index contributed by atoms with van der Waals surface area (Å²) in [5.41, 5.74) is 0.867. The molecular weight excluding hydrogens is 318 g/mol. The van der Waals surface area contributed by atoms with Crippen LogP contribution in [-0.2, 0) is 14.9 Å². The number of nitrogens with one attached hydrogen (secondary N) is 1. The van der Waals surface area contributed by atoms with Crippen LogP contribution in [0.1, 0.15) is 11.6 Å². The van der Waals surface area contributed by atoms with Gasteiger partial charge in [0.15, 0.2) is 0 Å². The first-order chi connectivity index (χ1) is 11.0. The van der Waals surface area contributed by atoms with E-state index in [-0.39, 0.29) is 6.04 Å². The molecule has 1 aliphatic heterocycles. The van der Waals surface area contributed by atoms with E-state index < -0.39 is 10.2 Å². The SMILES string of the molecule is COCCN(C)S(=O)(=O)N1CCNCC1c1ccccc1OC. The molecule has 1 N–H and O–H groups in total. The van der Waals surface area contributed by atoms with Gasteiger partial charge in [-0.1, -0.05) is 18.2 Å². The highest BCUT2D eigenvalue weighted by Gasteiger charge is 2.36. The van der Waals surface area contributed by atoms with Crippen LogP contribution in [0.4, 0.5) is 0 Å². The van der Waals surface area contributed by atoms with Gasteiger partial charge in [0, 0.05) is 45.9 Å². The lowest BCUT2D eigenvalue weighted by Gasteiger charge is -2.38. The first-order valence-corrected chi connectivity index (χ1v) is 8.97. The average Bonchev–Trinajstić information content (AvgIpc) is 2.59. The number of methoxy groups -OCH3 is 2. The van der Waals surface area contributed by atoms with Crippen LogP contribution in [0.2, 0.25) is 0 Å². The highest BCUT2D eigenvalue weighted by atomic mass is 32.2. The van der Waals surface area contributed by atoms with Crippen molar-refractivity contribution in [2.45, 2.75) is 6.04 Å². The van der Waals surface area contributed by atoms with Gasteiger partial charge in [-0.05, 0) is 6.07 Å². The van der Waals surface area contributed by atoms with E-state index in [0.29, 0.717) is 38.5 Å². The highest BCUT2D eigenvalue weighted by Crippen LogP contribution is 2.32. The number of piperazine rings is 1. The molecular formula is C15H25N3O4S. The molecule has 1 aliphatic rings. The number of para-hydroxylation sites is 1. The van der Waals surface area contributed by atoms with E-state index in [1.807, 2.05) is 24.3 Å². The fraction of sp³-hybridized carbons (Fsp3) is 0.600. The maximum atomic E-state index is 12.9. The van der Waals surface area contributed by atoms with Crippen molar-refractivity contribution in [3.63, 3.8) is 0 Å². The third-order valence-corrected chi connectivity index (χ3v) is 5.99. The third-order valence-electron chi connectivity index (χ3n) is 3.99. The smallest absolute Gasteiger partial charge is 0.282 e. The second kappa shape index (κ2) is 8.07. The van der Waals surface area contributed by atoms with E-state index >= 15 is 0 Å². The molecule has 0 spiro atoms. The Labute approximate surface area is 138 Å². The molecule has 1 fully saturated rings. The molecule has 1 aromatic rings. The zero-order valence-corrected chi connectivity index (χ0v) is 14.7. The zero-order valence-electron chi connectivity index (χ0n) is 13.9. The molecule has 1 atom stereocenters. The Kier molecular flexibility index (Phi) is 6.37. The summed E-state index contributed by atoms with van der Waals surface area (Å²) in [6, 6.07) is 7.24. The van der Waals surface area contributed by atoms with Crippen LogP contribution in [0.5, 0.6) is 5.75 Å². The monoisotopic (exact) mass is 343 g/mol. The van der Waals surface area contributed by atoms with Crippen molar-refractivity contribution in [2.75, 3.05) is 54.1 Å². The van der Waals surface area contributed by atoms with Gasteiger partial charge in [0.1, 0.15) is 5.75 Å². The molecule has 0 bridgehead atoms. The molecule has 1 saturated heterocycles. The lowest BCUT2D eigenvalue weighted by Crippen LogP contribution is -2.53. The Morgan fingerprint density at radius 1 is 1.35 bits per heavy atom. The number of nitrogens with zero attached hydrogens (tertiary/aromatic N) is 2. The van der Waals surface area contributed by atoms with E-state index in [2.05, 4.69) is 5.32 Å². The molecule has 23 heavy (non-hydrogen) atoms. The molecule has 130 valence electrons. The van der Waals surface area contributed by atoms with E-state index in [1.165, 1.54) is 8.61 Å². The molecule has 7 nitrogen and oxygen atoms in total.